The van der Waals surface area contributed by atoms with Gasteiger partial charge in [-0.05, 0) is 25.5 Å². The fraction of sp³-hybridized carbons (Fsp3) is 0.333. The van der Waals surface area contributed by atoms with Gasteiger partial charge >= 0.3 is 0 Å². The van der Waals surface area contributed by atoms with Crippen LogP contribution < -0.4 is 4.90 Å². The molecule has 0 amide bonds. The lowest BCUT2D eigenvalue weighted by Crippen LogP contribution is -2.29. The lowest BCUT2D eigenvalue weighted by molar-refractivity contribution is 0.183. The van der Waals surface area contributed by atoms with E-state index in [1.165, 1.54) is 5.56 Å². The molecule has 4 heteroatoms. The number of aliphatic hydroxyl groups excluding tert-OH is 1. The molecule has 0 aliphatic carbocycles. The average Bonchev–Trinajstić information content (AvgIpc) is 2.46. The summed E-state index contributed by atoms with van der Waals surface area (Å²) in [7, 11) is 0. The first-order valence-corrected chi connectivity index (χ1v) is 6.47. The van der Waals surface area contributed by atoms with E-state index in [0.29, 0.717) is 12.5 Å². The topological polar surface area (TPSA) is 49.2 Å². The molecule has 0 radical (unpaired) electrons. The number of benzene rings is 1. The number of likely N-dealkylation sites (N-methyl/N-ethyl adjacent to an activating group) is 1. The molecule has 4 nitrogen and oxygen atoms in total. The second-order valence-corrected chi connectivity index (χ2v) is 4.51. The largest absolute Gasteiger partial charge is 0.387 e. The van der Waals surface area contributed by atoms with E-state index >= 15 is 0 Å². The van der Waals surface area contributed by atoms with Crippen molar-refractivity contribution in [2.45, 2.75) is 20.0 Å². The Morgan fingerprint density at radius 3 is 2.37 bits per heavy atom. The summed E-state index contributed by atoms with van der Waals surface area (Å²) in [4.78, 5) is 10.4. The third-order valence-electron chi connectivity index (χ3n) is 3.07. The van der Waals surface area contributed by atoms with E-state index in [0.717, 1.165) is 12.1 Å². The molecule has 1 heterocycles. The van der Waals surface area contributed by atoms with Crippen LogP contribution >= 0.6 is 0 Å². The van der Waals surface area contributed by atoms with Crippen LogP contribution in [0.2, 0.25) is 0 Å². The fourth-order valence-corrected chi connectivity index (χ4v) is 1.91. The molecule has 2 aromatic rings. The Kier molecular flexibility index (Phi) is 4.47. The number of aromatic nitrogens is 2. The highest BCUT2D eigenvalue weighted by atomic mass is 16.3. The summed E-state index contributed by atoms with van der Waals surface area (Å²) in [6.07, 6.45) is 2.89. The number of aryl methyl sites for hydroxylation is 1. The van der Waals surface area contributed by atoms with Crippen molar-refractivity contribution in [3.63, 3.8) is 0 Å². The van der Waals surface area contributed by atoms with Gasteiger partial charge in [-0.15, -0.1) is 0 Å². The maximum Gasteiger partial charge on any atom is 0.225 e. The van der Waals surface area contributed by atoms with Crippen LogP contribution in [-0.4, -0.2) is 28.2 Å². The fourth-order valence-electron chi connectivity index (χ4n) is 1.91. The number of hydrogen-bond acceptors (Lipinski definition) is 4. The summed E-state index contributed by atoms with van der Waals surface area (Å²) in [6.45, 7) is 5.31. The molecule has 0 saturated carbocycles. The summed E-state index contributed by atoms with van der Waals surface area (Å²) >= 11 is 0. The SMILES string of the molecule is CCN(CC(O)c1ccc(C)cc1)c1ncccn1. The van der Waals surface area contributed by atoms with Gasteiger partial charge in [-0.1, -0.05) is 29.8 Å². The van der Waals surface area contributed by atoms with Gasteiger partial charge in [-0.25, -0.2) is 9.97 Å². The minimum Gasteiger partial charge on any atom is -0.387 e. The smallest absolute Gasteiger partial charge is 0.225 e. The second-order valence-electron chi connectivity index (χ2n) is 4.51. The van der Waals surface area contributed by atoms with Gasteiger partial charge in [0.1, 0.15) is 0 Å². The van der Waals surface area contributed by atoms with E-state index in [-0.39, 0.29) is 0 Å². The van der Waals surface area contributed by atoms with Crippen molar-refractivity contribution in [2.24, 2.45) is 0 Å². The van der Waals surface area contributed by atoms with Crippen LogP contribution in [0.15, 0.2) is 42.7 Å². The van der Waals surface area contributed by atoms with Gasteiger partial charge in [0.25, 0.3) is 0 Å². The third-order valence-corrected chi connectivity index (χ3v) is 3.07. The summed E-state index contributed by atoms with van der Waals surface area (Å²) < 4.78 is 0. The minimum atomic E-state index is -0.538. The molecule has 1 N–H and O–H groups in total. The number of anilines is 1. The Morgan fingerprint density at radius 1 is 1.16 bits per heavy atom. The van der Waals surface area contributed by atoms with Crippen LogP contribution in [0.25, 0.3) is 0 Å². The Hall–Kier alpha value is -1.94. The van der Waals surface area contributed by atoms with Gasteiger partial charge in [0.2, 0.25) is 5.95 Å². The Bertz CT molecular complexity index is 499. The van der Waals surface area contributed by atoms with E-state index in [9.17, 15) is 5.11 Å². The molecule has 1 unspecified atom stereocenters. The second kappa shape index (κ2) is 6.29. The molecule has 100 valence electrons. The lowest BCUT2D eigenvalue weighted by atomic mass is 10.1. The highest BCUT2D eigenvalue weighted by Gasteiger charge is 2.14. The van der Waals surface area contributed by atoms with Crippen molar-refractivity contribution in [3.05, 3.63) is 53.9 Å². The van der Waals surface area contributed by atoms with Crippen molar-refractivity contribution in [1.82, 2.24) is 9.97 Å². The van der Waals surface area contributed by atoms with E-state index in [4.69, 9.17) is 0 Å². The molecule has 19 heavy (non-hydrogen) atoms. The molecule has 0 spiro atoms. The van der Waals surface area contributed by atoms with Crippen molar-refractivity contribution in [1.29, 1.82) is 0 Å². The summed E-state index contributed by atoms with van der Waals surface area (Å²) in [5.41, 5.74) is 2.11. The minimum absolute atomic E-state index is 0.490. The van der Waals surface area contributed by atoms with E-state index in [1.807, 2.05) is 43.0 Å². The number of rotatable bonds is 5. The average molecular weight is 257 g/mol. The molecule has 1 atom stereocenters. The van der Waals surface area contributed by atoms with Crippen molar-refractivity contribution >= 4 is 5.95 Å². The molecule has 1 aromatic carbocycles. The van der Waals surface area contributed by atoms with E-state index in [2.05, 4.69) is 9.97 Å². The number of hydrogen-bond donors (Lipinski definition) is 1. The summed E-state index contributed by atoms with van der Waals surface area (Å²) in [6, 6.07) is 9.72. The van der Waals surface area contributed by atoms with Crippen LogP contribution in [0.1, 0.15) is 24.2 Å². The van der Waals surface area contributed by atoms with E-state index < -0.39 is 6.10 Å². The van der Waals surface area contributed by atoms with Gasteiger partial charge in [-0.3, -0.25) is 0 Å². The van der Waals surface area contributed by atoms with Crippen LogP contribution in [0.5, 0.6) is 0 Å². The van der Waals surface area contributed by atoms with Crippen LogP contribution in [0, 0.1) is 6.92 Å². The van der Waals surface area contributed by atoms with E-state index in [1.54, 1.807) is 18.5 Å². The number of aliphatic hydroxyl groups is 1. The van der Waals surface area contributed by atoms with Crippen LogP contribution in [0.3, 0.4) is 0 Å². The molecular formula is C15H19N3O. The lowest BCUT2D eigenvalue weighted by Gasteiger charge is -2.23. The summed E-state index contributed by atoms with van der Waals surface area (Å²) in [5, 5.41) is 10.3. The Morgan fingerprint density at radius 2 is 1.79 bits per heavy atom. The molecule has 0 bridgehead atoms. The Labute approximate surface area is 113 Å². The predicted octanol–water partition coefficient (Wildman–Crippen LogP) is 2.34. The molecule has 2 rings (SSSR count). The normalized spacial score (nSPS) is 12.2. The molecule has 0 saturated heterocycles. The van der Waals surface area contributed by atoms with Gasteiger partial charge in [0.15, 0.2) is 0 Å². The zero-order valence-electron chi connectivity index (χ0n) is 11.3. The van der Waals surface area contributed by atoms with Crippen LogP contribution in [-0.2, 0) is 0 Å². The van der Waals surface area contributed by atoms with Gasteiger partial charge in [0.05, 0.1) is 12.6 Å². The third kappa shape index (κ3) is 3.51. The highest BCUT2D eigenvalue weighted by Crippen LogP contribution is 2.17. The monoisotopic (exact) mass is 257 g/mol. The zero-order valence-corrected chi connectivity index (χ0v) is 11.3. The first-order valence-electron chi connectivity index (χ1n) is 6.47. The first-order chi connectivity index (χ1) is 9.20. The molecule has 1 aromatic heterocycles. The van der Waals surface area contributed by atoms with Crippen molar-refractivity contribution in [2.75, 3.05) is 18.0 Å². The number of nitrogens with zero attached hydrogens (tertiary/aromatic N) is 3. The maximum atomic E-state index is 10.3. The van der Waals surface area contributed by atoms with Crippen LogP contribution in [0.4, 0.5) is 5.95 Å². The van der Waals surface area contributed by atoms with Gasteiger partial charge < -0.3 is 10.0 Å². The van der Waals surface area contributed by atoms with Gasteiger partial charge in [-0.2, -0.15) is 0 Å². The standard InChI is InChI=1S/C15H19N3O/c1-3-18(15-16-9-4-10-17-15)11-14(19)13-7-5-12(2)6-8-13/h4-10,14,19H,3,11H2,1-2H3. The quantitative estimate of drug-likeness (QED) is 0.893. The zero-order chi connectivity index (χ0) is 13.7. The summed E-state index contributed by atoms with van der Waals surface area (Å²) in [5.74, 6) is 0.649. The molecular weight excluding hydrogens is 238 g/mol. The maximum absolute atomic E-state index is 10.3. The molecule has 0 aliphatic rings. The molecule has 0 aliphatic heterocycles. The van der Waals surface area contributed by atoms with Crippen molar-refractivity contribution in [3.8, 4) is 0 Å². The highest BCUT2D eigenvalue weighted by molar-refractivity contribution is 5.30. The first kappa shape index (κ1) is 13.5. The Balaban J connectivity index is 2.08. The van der Waals surface area contributed by atoms with Crippen molar-refractivity contribution < 1.29 is 5.11 Å². The molecule has 0 fully saturated rings. The predicted molar refractivity (Wildman–Crippen MR) is 76.1 cm³/mol. The van der Waals surface area contributed by atoms with Gasteiger partial charge in [0, 0.05) is 18.9 Å².